The van der Waals surface area contributed by atoms with Crippen LogP contribution < -0.4 is 10.1 Å². The summed E-state index contributed by atoms with van der Waals surface area (Å²) in [6, 6.07) is 9.20. The number of hydrogen-bond donors (Lipinski definition) is 1. The van der Waals surface area contributed by atoms with Crippen molar-refractivity contribution in [1.82, 2.24) is 0 Å². The number of hydrogen-bond acceptors (Lipinski definition) is 7. The van der Waals surface area contributed by atoms with E-state index in [1.165, 1.54) is 43.1 Å². The Bertz CT molecular complexity index is 1010. The van der Waals surface area contributed by atoms with Crippen molar-refractivity contribution in [2.24, 2.45) is 0 Å². The molecule has 0 aliphatic carbocycles. The second kappa shape index (κ2) is 9.07. The van der Waals surface area contributed by atoms with Crippen LogP contribution in [0, 0.1) is 17.0 Å². The van der Waals surface area contributed by atoms with Gasteiger partial charge in [-0.05, 0) is 36.2 Å². The summed E-state index contributed by atoms with van der Waals surface area (Å²) >= 11 is 1.29. The lowest BCUT2D eigenvalue weighted by Gasteiger charge is -2.10. The van der Waals surface area contributed by atoms with E-state index in [0.717, 1.165) is 11.8 Å². The van der Waals surface area contributed by atoms with Crippen molar-refractivity contribution in [3.8, 4) is 5.75 Å². The molecule has 150 valence electrons. The number of aryl methyl sites for hydroxylation is 1. The molecule has 0 fully saturated rings. The number of carbonyl (C=O) groups excluding carboxylic acids is 1. The van der Waals surface area contributed by atoms with E-state index in [2.05, 4.69) is 5.32 Å². The third-order valence-corrected chi connectivity index (χ3v) is 5.97. The Kier molecular flexibility index (Phi) is 7.03. The monoisotopic (exact) mass is 424 g/mol. The number of thioether (sulfide) groups is 1. The zero-order valence-electron chi connectivity index (χ0n) is 15.6. The van der Waals surface area contributed by atoms with Crippen LogP contribution in [-0.4, -0.2) is 38.4 Å². The van der Waals surface area contributed by atoms with Gasteiger partial charge in [-0.25, -0.2) is 8.42 Å². The van der Waals surface area contributed by atoms with Gasteiger partial charge in [0.1, 0.15) is 0 Å². The summed E-state index contributed by atoms with van der Waals surface area (Å²) in [4.78, 5) is 22.9. The van der Waals surface area contributed by atoms with E-state index in [9.17, 15) is 23.3 Å². The molecule has 0 atom stereocenters. The molecule has 0 spiro atoms. The molecule has 2 aromatic rings. The van der Waals surface area contributed by atoms with Gasteiger partial charge in [-0.3, -0.25) is 14.9 Å². The highest BCUT2D eigenvalue weighted by Gasteiger charge is 2.16. The lowest BCUT2D eigenvalue weighted by atomic mass is 10.2. The topological polar surface area (TPSA) is 116 Å². The van der Waals surface area contributed by atoms with Crippen molar-refractivity contribution in [2.45, 2.75) is 17.6 Å². The molecule has 0 heterocycles. The molecule has 0 aliphatic heterocycles. The summed E-state index contributed by atoms with van der Waals surface area (Å²) in [5, 5.41) is 13.8. The second-order valence-corrected chi connectivity index (χ2v) is 9.05. The van der Waals surface area contributed by atoms with Gasteiger partial charge in [0.2, 0.25) is 5.91 Å². The first kappa shape index (κ1) is 21.7. The maximum atomic E-state index is 12.2. The summed E-state index contributed by atoms with van der Waals surface area (Å²) in [7, 11) is -2.01. The molecule has 1 N–H and O–H groups in total. The van der Waals surface area contributed by atoms with Gasteiger partial charge < -0.3 is 10.1 Å². The zero-order valence-corrected chi connectivity index (χ0v) is 17.2. The predicted molar refractivity (Wildman–Crippen MR) is 109 cm³/mol. The summed E-state index contributed by atoms with van der Waals surface area (Å²) in [5.74, 6) is 0.405. The number of amides is 1. The van der Waals surface area contributed by atoms with Crippen molar-refractivity contribution < 1.29 is 22.9 Å². The number of carbonyl (C=O) groups is 1. The molecule has 10 heteroatoms. The van der Waals surface area contributed by atoms with Crippen molar-refractivity contribution in [3.63, 3.8) is 0 Å². The van der Waals surface area contributed by atoms with E-state index < -0.39 is 14.8 Å². The number of nitro groups is 1. The van der Waals surface area contributed by atoms with E-state index in [4.69, 9.17) is 4.74 Å². The molecule has 0 saturated carbocycles. The normalized spacial score (nSPS) is 11.1. The van der Waals surface area contributed by atoms with Crippen molar-refractivity contribution in [1.29, 1.82) is 0 Å². The Labute approximate surface area is 167 Å². The molecule has 0 aromatic heterocycles. The fourth-order valence-electron chi connectivity index (χ4n) is 2.38. The van der Waals surface area contributed by atoms with Crippen molar-refractivity contribution in [2.75, 3.05) is 24.4 Å². The molecule has 0 aliphatic rings. The Morgan fingerprint density at radius 2 is 1.96 bits per heavy atom. The highest BCUT2D eigenvalue weighted by molar-refractivity contribution is 7.99. The molecule has 0 bridgehead atoms. The molecular weight excluding hydrogens is 404 g/mol. The molecule has 2 rings (SSSR count). The maximum absolute atomic E-state index is 12.2. The molecule has 0 unspecified atom stereocenters. The number of rotatable bonds is 8. The minimum Gasteiger partial charge on any atom is -0.490 e. The average molecular weight is 425 g/mol. The van der Waals surface area contributed by atoms with Gasteiger partial charge in [0, 0.05) is 23.8 Å². The van der Waals surface area contributed by atoms with Gasteiger partial charge in [0.25, 0.3) is 0 Å². The zero-order chi connectivity index (χ0) is 20.9. The summed E-state index contributed by atoms with van der Waals surface area (Å²) in [6.45, 7) is 1.77. The van der Waals surface area contributed by atoms with Crippen LogP contribution in [-0.2, 0) is 20.4 Å². The smallest absolute Gasteiger partial charge is 0.311 e. The van der Waals surface area contributed by atoms with Gasteiger partial charge in [-0.15, -0.1) is 11.8 Å². The molecule has 0 radical (unpaired) electrons. The van der Waals surface area contributed by atoms with Gasteiger partial charge in [0.15, 0.2) is 15.6 Å². The third-order valence-electron chi connectivity index (χ3n) is 3.85. The Morgan fingerprint density at radius 1 is 1.25 bits per heavy atom. The first-order valence-corrected chi connectivity index (χ1v) is 11.2. The molecule has 28 heavy (non-hydrogen) atoms. The van der Waals surface area contributed by atoms with Crippen LogP contribution >= 0.6 is 11.8 Å². The summed E-state index contributed by atoms with van der Waals surface area (Å²) in [6.07, 6.45) is 1.10. The fraction of sp³-hybridized carbons (Fsp3) is 0.278. The number of sulfone groups is 1. The molecule has 8 nitrogen and oxygen atoms in total. The van der Waals surface area contributed by atoms with E-state index in [1.54, 1.807) is 19.1 Å². The quantitative estimate of drug-likeness (QED) is 0.511. The number of benzene rings is 2. The number of nitrogens with zero attached hydrogens (tertiary/aromatic N) is 1. The number of anilines is 1. The maximum Gasteiger partial charge on any atom is 0.311 e. The predicted octanol–water partition coefficient (Wildman–Crippen LogP) is 3.19. The Balaban J connectivity index is 1.99. The highest BCUT2D eigenvalue weighted by Crippen LogP contribution is 2.29. The largest absolute Gasteiger partial charge is 0.490 e. The van der Waals surface area contributed by atoms with Crippen LogP contribution in [0.2, 0.25) is 0 Å². The second-order valence-electron chi connectivity index (χ2n) is 6.05. The minimum absolute atomic E-state index is 0.113. The molecular formula is C18H20N2O6S2. The van der Waals surface area contributed by atoms with E-state index in [-0.39, 0.29) is 28.0 Å². The van der Waals surface area contributed by atoms with Crippen LogP contribution in [0.25, 0.3) is 0 Å². The Morgan fingerprint density at radius 3 is 2.57 bits per heavy atom. The Hall–Kier alpha value is -2.59. The van der Waals surface area contributed by atoms with Gasteiger partial charge in [0.05, 0.1) is 22.7 Å². The number of methoxy groups -OCH3 is 1. The average Bonchev–Trinajstić information content (AvgIpc) is 2.62. The SMILES string of the molecule is COc1ccc(CSCC(=O)Nc2cc(S(C)(=O)=O)ccc2C)cc1[N+](=O)[O-]. The van der Waals surface area contributed by atoms with Crippen LogP contribution in [0.1, 0.15) is 11.1 Å². The van der Waals surface area contributed by atoms with E-state index >= 15 is 0 Å². The minimum atomic E-state index is -3.37. The highest BCUT2D eigenvalue weighted by atomic mass is 32.2. The van der Waals surface area contributed by atoms with Crippen molar-refractivity contribution >= 4 is 38.9 Å². The van der Waals surface area contributed by atoms with Gasteiger partial charge >= 0.3 is 5.69 Å². The standard InChI is InChI=1S/C18H20N2O6S2/c1-12-4-6-14(28(3,24)25)9-15(12)19-18(21)11-27-10-13-5-7-17(26-2)16(8-13)20(22)23/h4-9H,10-11H2,1-3H3,(H,19,21). The lowest BCUT2D eigenvalue weighted by Crippen LogP contribution is -2.15. The molecule has 2 aromatic carbocycles. The molecule has 0 saturated heterocycles. The number of nitrogens with one attached hydrogen (secondary N) is 1. The molecule has 1 amide bonds. The number of nitro benzene ring substituents is 1. The number of ether oxygens (including phenoxy) is 1. The van der Waals surface area contributed by atoms with Crippen molar-refractivity contribution in [3.05, 3.63) is 57.6 Å². The first-order valence-electron chi connectivity index (χ1n) is 8.11. The van der Waals surface area contributed by atoms with Gasteiger partial charge in [-0.1, -0.05) is 12.1 Å². The van der Waals surface area contributed by atoms with Crippen LogP contribution in [0.3, 0.4) is 0 Å². The first-order chi connectivity index (χ1) is 13.1. The van der Waals surface area contributed by atoms with E-state index in [1.807, 2.05) is 0 Å². The van der Waals surface area contributed by atoms with Crippen LogP contribution in [0.15, 0.2) is 41.3 Å². The fourth-order valence-corrected chi connectivity index (χ4v) is 3.80. The van der Waals surface area contributed by atoms with Crippen LogP contribution in [0.5, 0.6) is 5.75 Å². The summed E-state index contributed by atoms with van der Waals surface area (Å²) in [5.41, 5.74) is 1.75. The third kappa shape index (κ3) is 5.70. The van der Waals surface area contributed by atoms with Gasteiger partial charge in [-0.2, -0.15) is 0 Å². The van der Waals surface area contributed by atoms with Crippen LogP contribution in [0.4, 0.5) is 11.4 Å². The van der Waals surface area contributed by atoms with E-state index in [0.29, 0.717) is 17.0 Å². The lowest BCUT2D eigenvalue weighted by molar-refractivity contribution is -0.385. The summed E-state index contributed by atoms with van der Waals surface area (Å²) < 4.78 is 28.3.